The van der Waals surface area contributed by atoms with Crippen LogP contribution < -0.4 is 5.73 Å². The Kier molecular flexibility index (Phi) is 1.86. The third-order valence-corrected chi connectivity index (χ3v) is 2.60. The van der Waals surface area contributed by atoms with Crippen molar-refractivity contribution in [2.24, 2.45) is 0 Å². The van der Waals surface area contributed by atoms with Crippen molar-refractivity contribution in [2.75, 3.05) is 12.8 Å². The van der Waals surface area contributed by atoms with E-state index in [4.69, 9.17) is 5.73 Å². The minimum atomic E-state index is 0.0207. The van der Waals surface area contributed by atoms with Crippen molar-refractivity contribution in [3.63, 3.8) is 0 Å². The molecule has 1 aliphatic heterocycles. The Morgan fingerprint density at radius 2 is 1.93 bits per heavy atom. The first-order valence-electron chi connectivity index (χ1n) is 4.95. The molecule has 1 aliphatic rings. The Hall–Kier alpha value is -1.03. The molecule has 0 aliphatic carbocycles. The van der Waals surface area contributed by atoms with Gasteiger partial charge in [0.2, 0.25) is 0 Å². The second-order valence-electron chi connectivity index (χ2n) is 5.07. The molecule has 0 saturated carbocycles. The van der Waals surface area contributed by atoms with Gasteiger partial charge in [-0.3, -0.25) is 9.58 Å². The molecule has 0 radical (unpaired) electrons. The van der Waals surface area contributed by atoms with Crippen LogP contribution in [0.25, 0.3) is 0 Å². The zero-order chi connectivity index (χ0) is 10.5. The van der Waals surface area contributed by atoms with Gasteiger partial charge in [0, 0.05) is 18.7 Å². The van der Waals surface area contributed by atoms with Gasteiger partial charge in [0.05, 0.1) is 11.2 Å². The van der Waals surface area contributed by atoms with Crippen molar-refractivity contribution >= 4 is 5.82 Å². The number of hydrogen-bond donors (Lipinski definition) is 1. The van der Waals surface area contributed by atoms with Crippen LogP contribution in [-0.2, 0) is 18.6 Å². The number of fused-ring (bicyclic) bond motifs is 1. The number of rotatable bonds is 0. The summed E-state index contributed by atoms with van der Waals surface area (Å²) in [6.45, 7) is 8.34. The molecule has 2 heterocycles. The fourth-order valence-electron chi connectivity index (χ4n) is 1.98. The fourth-order valence-corrected chi connectivity index (χ4v) is 1.98. The number of anilines is 1. The number of nitrogens with two attached hydrogens (primary N) is 1. The van der Waals surface area contributed by atoms with Crippen LogP contribution in [-0.4, -0.2) is 21.7 Å². The molecule has 2 rings (SSSR count). The van der Waals surface area contributed by atoms with Gasteiger partial charge in [-0.05, 0) is 27.8 Å². The zero-order valence-electron chi connectivity index (χ0n) is 9.33. The maximum Gasteiger partial charge on any atom is 0.150 e. The Morgan fingerprint density at radius 1 is 1.29 bits per heavy atom. The normalized spacial score (nSPS) is 17.4. The highest BCUT2D eigenvalue weighted by atomic mass is 15.4. The summed E-state index contributed by atoms with van der Waals surface area (Å²) in [4.78, 5) is 2.25. The second-order valence-corrected chi connectivity index (χ2v) is 5.07. The van der Waals surface area contributed by atoms with E-state index in [1.54, 1.807) is 0 Å². The number of aromatic nitrogens is 2. The summed E-state index contributed by atoms with van der Waals surface area (Å²) in [7, 11) is 2.10. The second kappa shape index (κ2) is 2.73. The van der Waals surface area contributed by atoms with E-state index in [-0.39, 0.29) is 5.54 Å². The molecule has 0 atom stereocenters. The van der Waals surface area contributed by atoms with Gasteiger partial charge in [-0.1, -0.05) is 0 Å². The Labute approximate surface area is 84.7 Å². The fraction of sp³-hybridized carbons (Fsp3) is 0.700. The highest BCUT2D eigenvalue weighted by Crippen LogP contribution is 2.30. The van der Waals surface area contributed by atoms with E-state index in [0.29, 0.717) is 5.82 Å². The number of hydrogen-bond acceptors (Lipinski definition) is 3. The number of nitrogens with zero attached hydrogens (tertiary/aromatic N) is 3. The maximum absolute atomic E-state index is 5.89. The highest BCUT2D eigenvalue weighted by molar-refractivity contribution is 5.45. The van der Waals surface area contributed by atoms with Gasteiger partial charge in [-0.2, -0.15) is 5.10 Å². The molecule has 1 aromatic rings. The highest BCUT2D eigenvalue weighted by Gasteiger charge is 2.28. The summed E-state index contributed by atoms with van der Waals surface area (Å²) < 4.78 is 2.06. The van der Waals surface area contributed by atoms with E-state index in [9.17, 15) is 0 Å². The molecule has 0 spiro atoms. The van der Waals surface area contributed by atoms with Crippen LogP contribution in [0.2, 0.25) is 0 Å². The Balaban J connectivity index is 2.51. The third kappa shape index (κ3) is 1.30. The quantitative estimate of drug-likeness (QED) is 0.674. The van der Waals surface area contributed by atoms with Gasteiger partial charge in [0.25, 0.3) is 0 Å². The predicted octanol–water partition coefficient (Wildman–Crippen LogP) is 1.17. The maximum atomic E-state index is 5.89. The van der Waals surface area contributed by atoms with Gasteiger partial charge < -0.3 is 5.73 Å². The predicted molar refractivity (Wildman–Crippen MR) is 56.8 cm³/mol. The van der Waals surface area contributed by atoms with Gasteiger partial charge >= 0.3 is 0 Å². The minimum absolute atomic E-state index is 0.0207. The average molecular weight is 194 g/mol. The molecule has 0 saturated heterocycles. The van der Waals surface area contributed by atoms with Gasteiger partial charge in [-0.15, -0.1) is 0 Å². The smallest absolute Gasteiger partial charge is 0.150 e. The summed E-state index contributed by atoms with van der Waals surface area (Å²) in [5, 5.41) is 4.41. The van der Waals surface area contributed by atoms with Crippen LogP contribution in [0.15, 0.2) is 0 Å². The summed E-state index contributed by atoms with van der Waals surface area (Å²) in [5.41, 5.74) is 8.40. The molecule has 4 heteroatoms. The monoisotopic (exact) mass is 194 g/mol. The molecule has 2 N–H and O–H groups in total. The Morgan fingerprint density at radius 3 is 2.50 bits per heavy atom. The lowest BCUT2D eigenvalue weighted by Crippen LogP contribution is -2.26. The van der Waals surface area contributed by atoms with E-state index in [1.807, 2.05) is 0 Å². The van der Waals surface area contributed by atoms with Crippen LogP contribution in [0.3, 0.4) is 0 Å². The SMILES string of the molecule is CN1Cc2c(N)nn(C(C)(C)C)c2C1. The molecule has 1 aromatic heterocycles. The molecule has 4 nitrogen and oxygen atoms in total. The first-order valence-corrected chi connectivity index (χ1v) is 4.95. The summed E-state index contributed by atoms with van der Waals surface area (Å²) in [6, 6.07) is 0. The average Bonchev–Trinajstić information content (AvgIpc) is 2.49. The lowest BCUT2D eigenvalue weighted by Gasteiger charge is -2.22. The van der Waals surface area contributed by atoms with Gasteiger partial charge in [0.15, 0.2) is 0 Å². The van der Waals surface area contributed by atoms with E-state index in [0.717, 1.165) is 13.1 Å². The van der Waals surface area contributed by atoms with Gasteiger partial charge in [0.1, 0.15) is 5.82 Å². The first kappa shape index (κ1) is 9.52. The molecule has 0 aromatic carbocycles. The minimum Gasteiger partial charge on any atom is -0.382 e. The molecule has 0 bridgehead atoms. The molecule has 0 unspecified atom stereocenters. The van der Waals surface area contributed by atoms with Crippen molar-refractivity contribution in [1.29, 1.82) is 0 Å². The lowest BCUT2D eigenvalue weighted by molar-refractivity contribution is 0.306. The summed E-state index contributed by atoms with van der Waals surface area (Å²) in [6.07, 6.45) is 0. The van der Waals surface area contributed by atoms with Crippen molar-refractivity contribution in [1.82, 2.24) is 14.7 Å². The molecule has 0 fully saturated rings. The van der Waals surface area contributed by atoms with Crippen LogP contribution in [0.5, 0.6) is 0 Å². The topological polar surface area (TPSA) is 47.1 Å². The lowest BCUT2D eigenvalue weighted by atomic mass is 10.1. The van der Waals surface area contributed by atoms with Crippen LogP contribution in [0, 0.1) is 0 Å². The number of nitrogen functional groups attached to an aromatic ring is 1. The van der Waals surface area contributed by atoms with Crippen molar-refractivity contribution in [3.05, 3.63) is 11.3 Å². The van der Waals surface area contributed by atoms with Gasteiger partial charge in [-0.25, -0.2) is 0 Å². The van der Waals surface area contributed by atoms with Crippen LogP contribution >= 0.6 is 0 Å². The molecule has 78 valence electrons. The molecule has 0 amide bonds. The Bertz CT molecular complexity index is 359. The largest absolute Gasteiger partial charge is 0.382 e. The first-order chi connectivity index (χ1) is 6.39. The van der Waals surface area contributed by atoms with E-state index in [1.165, 1.54) is 11.3 Å². The molecular weight excluding hydrogens is 176 g/mol. The third-order valence-electron chi connectivity index (χ3n) is 2.60. The van der Waals surface area contributed by atoms with Crippen molar-refractivity contribution in [3.8, 4) is 0 Å². The summed E-state index contributed by atoms with van der Waals surface area (Å²) >= 11 is 0. The molecular formula is C10H18N4. The standard InChI is InChI=1S/C10H18N4/c1-10(2,3)14-8-6-13(4)5-7(8)9(11)12-14/h5-6H2,1-4H3,(H2,11,12). The van der Waals surface area contributed by atoms with E-state index in [2.05, 4.69) is 42.5 Å². The van der Waals surface area contributed by atoms with Crippen LogP contribution in [0.4, 0.5) is 5.82 Å². The van der Waals surface area contributed by atoms with E-state index >= 15 is 0 Å². The zero-order valence-corrected chi connectivity index (χ0v) is 9.33. The van der Waals surface area contributed by atoms with Crippen molar-refractivity contribution < 1.29 is 0 Å². The van der Waals surface area contributed by atoms with E-state index < -0.39 is 0 Å². The summed E-state index contributed by atoms with van der Waals surface area (Å²) in [5.74, 6) is 0.694. The molecule has 14 heavy (non-hydrogen) atoms. The van der Waals surface area contributed by atoms with Crippen molar-refractivity contribution in [2.45, 2.75) is 39.4 Å². The van der Waals surface area contributed by atoms with Crippen LogP contribution in [0.1, 0.15) is 32.0 Å².